The summed E-state index contributed by atoms with van der Waals surface area (Å²) in [6.45, 7) is 1.54. The average molecular weight is 275 g/mol. The maximum atomic E-state index is 13.6. The van der Waals surface area contributed by atoms with Gasteiger partial charge in [0.25, 0.3) is 0 Å². The fourth-order valence-electron chi connectivity index (χ4n) is 1.74. The zero-order valence-corrected chi connectivity index (χ0v) is 9.96. The molecule has 0 saturated heterocycles. The lowest BCUT2D eigenvalue weighted by atomic mass is 9.99. The highest BCUT2D eigenvalue weighted by Crippen LogP contribution is 2.36. The molecule has 0 bridgehead atoms. The molecule has 94 valence electrons. The Kier molecular flexibility index (Phi) is 3.30. The molecule has 0 atom stereocenters. The summed E-state index contributed by atoms with van der Waals surface area (Å²) >= 11 is 5.83. The van der Waals surface area contributed by atoms with Crippen LogP contribution in [0.1, 0.15) is 5.56 Å². The third-order valence-electron chi connectivity index (χ3n) is 2.58. The summed E-state index contributed by atoms with van der Waals surface area (Å²) in [5, 5.41) is 0.0257. The normalized spacial score (nSPS) is 10.8. The lowest BCUT2D eigenvalue weighted by Gasteiger charge is -2.11. The number of hydrogen-bond acceptors (Lipinski definition) is 0. The molecule has 0 saturated carbocycles. The first-order valence-corrected chi connectivity index (χ1v) is 5.39. The predicted octanol–water partition coefficient (Wildman–Crippen LogP) is 4.87. The Hall–Kier alpha value is -1.55. The molecule has 0 radical (unpaired) electrons. The van der Waals surface area contributed by atoms with Crippen LogP contribution in [0.25, 0.3) is 11.1 Å². The van der Waals surface area contributed by atoms with Crippen LogP contribution < -0.4 is 0 Å². The molecular weight excluding hydrogens is 268 g/mol. The van der Waals surface area contributed by atoms with Gasteiger partial charge in [0.15, 0.2) is 23.3 Å². The molecule has 0 heterocycles. The number of aryl methyl sites for hydroxylation is 1. The van der Waals surface area contributed by atoms with Crippen LogP contribution >= 0.6 is 11.6 Å². The van der Waals surface area contributed by atoms with Crippen LogP contribution in [0.5, 0.6) is 0 Å². The van der Waals surface area contributed by atoms with Crippen molar-refractivity contribution in [1.29, 1.82) is 0 Å². The molecule has 2 rings (SSSR count). The minimum absolute atomic E-state index is 0.0257. The van der Waals surface area contributed by atoms with Gasteiger partial charge in [0.05, 0.1) is 5.56 Å². The van der Waals surface area contributed by atoms with Crippen molar-refractivity contribution in [3.63, 3.8) is 0 Å². The van der Waals surface area contributed by atoms with Crippen molar-refractivity contribution in [2.75, 3.05) is 0 Å². The maximum Gasteiger partial charge on any atom is 0.169 e. The van der Waals surface area contributed by atoms with Crippen LogP contribution in [0.15, 0.2) is 24.3 Å². The number of halogens is 5. The van der Waals surface area contributed by atoms with Crippen molar-refractivity contribution in [3.8, 4) is 11.1 Å². The first kappa shape index (κ1) is 12.9. The van der Waals surface area contributed by atoms with Crippen LogP contribution in [-0.2, 0) is 0 Å². The Morgan fingerprint density at radius 2 is 1.44 bits per heavy atom. The Balaban J connectivity index is 2.87. The number of rotatable bonds is 1. The van der Waals surface area contributed by atoms with Gasteiger partial charge in [0.2, 0.25) is 0 Å². The van der Waals surface area contributed by atoms with E-state index < -0.39 is 28.8 Å². The molecule has 0 aliphatic carbocycles. The van der Waals surface area contributed by atoms with Crippen LogP contribution in [-0.4, -0.2) is 0 Å². The third kappa shape index (κ3) is 1.97. The lowest BCUT2D eigenvalue weighted by Crippen LogP contribution is -2.00. The number of hydrogen-bond donors (Lipinski definition) is 0. The highest BCUT2D eigenvalue weighted by molar-refractivity contribution is 6.33. The smallest absolute Gasteiger partial charge is 0.169 e. The van der Waals surface area contributed by atoms with E-state index in [0.717, 1.165) is 0 Å². The van der Waals surface area contributed by atoms with E-state index in [9.17, 15) is 17.6 Å². The first-order chi connectivity index (χ1) is 8.43. The zero-order valence-electron chi connectivity index (χ0n) is 9.20. The van der Waals surface area contributed by atoms with E-state index >= 15 is 0 Å². The standard InChI is InChI=1S/C13H7ClF4/c1-6-3-2-4-7(14)10(6)11-12(17)8(15)5-9(16)13(11)18/h2-5H,1H3. The second-order valence-electron chi connectivity index (χ2n) is 3.77. The maximum absolute atomic E-state index is 13.6. The van der Waals surface area contributed by atoms with Gasteiger partial charge in [-0.05, 0) is 18.6 Å². The summed E-state index contributed by atoms with van der Waals surface area (Å²) in [4.78, 5) is 0. The third-order valence-corrected chi connectivity index (χ3v) is 2.90. The topological polar surface area (TPSA) is 0 Å². The van der Waals surface area contributed by atoms with Crippen molar-refractivity contribution < 1.29 is 17.6 Å². The van der Waals surface area contributed by atoms with Crippen LogP contribution in [0, 0.1) is 30.2 Å². The Labute approximate surface area is 106 Å². The van der Waals surface area contributed by atoms with Crippen molar-refractivity contribution >= 4 is 11.6 Å². The van der Waals surface area contributed by atoms with Crippen molar-refractivity contribution in [1.82, 2.24) is 0 Å². The number of benzene rings is 2. The second-order valence-corrected chi connectivity index (χ2v) is 4.18. The van der Waals surface area contributed by atoms with Gasteiger partial charge >= 0.3 is 0 Å². The predicted molar refractivity (Wildman–Crippen MR) is 61.5 cm³/mol. The van der Waals surface area contributed by atoms with Gasteiger partial charge in [-0.2, -0.15) is 0 Å². The minimum atomic E-state index is -1.46. The summed E-state index contributed by atoms with van der Waals surface area (Å²) in [7, 11) is 0. The molecule has 0 fully saturated rings. The van der Waals surface area contributed by atoms with Gasteiger partial charge in [0.1, 0.15) is 0 Å². The monoisotopic (exact) mass is 274 g/mol. The van der Waals surface area contributed by atoms with Gasteiger partial charge in [-0.15, -0.1) is 0 Å². The summed E-state index contributed by atoms with van der Waals surface area (Å²) < 4.78 is 53.6. The molecule has 0 amide bonds. The van der Waals surface area contributed by atoms with Crippen LogP contribution in [0.3, 0.4) is 0 Å². The molecule has 0 aliphatic heterocycles. The van der Waals surface area contributed by atoms with E-state index in [-0.39, 0.29) is 16.7 Å². The molecule has 0 unspecified atom stereocenters. The molecule has 2 aromatic carbocycles. The van der Waals surface area contributed by atoms with E-state index in [1.807, 2.05) is 0 Å². The van der Waals surface area contributed by atoms with E-state index in [1.165, 1.54) is 6.07 Å². The van der Waals surface area contributed by atoms with E-state index in [2.05, 4.69) is 0 Å². The van der Waals surface area contributed by atoms with Crippen LogP contribution in [0.2, 0.25) is 5.02 Å². The van der Waals surface area contributed by atoms with Crippen molar-refractivity contribution in [3.05, 3.63) is 58.1 Å². The van der Waals surface area contributed by atoms with Crippen molar-refractivity contribution in [2.24, 2.45) is 0 Å². The van der Waals surface area contributed by atoms with Crippen molar-refractivity contribution in [2.45, 2.75) is 6.92 Å². The highest BCUT2D eigenvalue weighted by atomic mass is 35.5. The summed E-state index contributed by atoms with van der Waals surface area (Å²) in [6, 6.07) is 4.68. The average Bonchev–Trinajstić information content (AvgIpc) is 2.30. The summed E-state index contributed by atoms with van der Waals surface area (Å²) in [6.07, 6.45) is 0. The fraction of sp³-hybridized carbons (Fsp3) is 0.0769. The SMILES string of the molecule is Cc1cccc(Cl)c1-c1c(F)c(F)cc(F)c1F. The molecule has 0 N–H and O–H groups in total. The lowest BCUT2D eigenvalue weighted by molar-refractivity contribution is 0.458. The van der Waals surface area contributed by atoms with Gasteiger partial charge in [0, 0.05) is 16.7 Å². The molecule has 0 aliphatic rings. The minimum Gasteiger partial charge on any atom is -0.204 e. The highest BCUT2D eigenvalue weighted by Gasteiger charge is 2.23. The molecule has 18 heavy (non-hydrogen) atoms. The first-order valence-electron chi connectivity index (χ1n) is 5.02. The summed E-state index contributed by atoms with van der Waals surface area (Å²) in [5.41, 5.74) is -0.409. The molecular formula is C13H7ClF4. The van der Waals surface area contributed by atoms with Crippen LogP contribution in [0.4, 0.5) is 17.6 Å². The van der Waals surface area contributed by atoms with Gasteiger partial charge in [-0.3, -0.25) is 0 Å². The Morgan fingerprint density at radius 1 is 0.889 bits per heavy atom. The fourth-order valence-corrected chi connectivity index (χ4v) is 2.06. The molecule has 0 spiro atoms. The largest absolute Gasteiger partial charge is 0.204 e. The van der Waals surface area contributed by atoms with Gasteiger partial charge < -0.3 is 0 Å². The van der Waals surface area contributed by atoms with Gasteiger partial charge in [-0.25, -0.2) is 17.6 Å². The molecule has 5 heteroatoms. The molecule has 0 aromatic heterocycles. The van der Waals surface area contributed by atoms with E-state index in [4.69, 9.17) is 11.6 Å². The Bertz CT molecular complexity index is 576. The molecule has 2 aromatic rings. The molecule has 0 nitrogen and oxygen atoms in total. The van der Waals surface area contributed by atoms with E-state index in [0.29, 0.717) is 5.56 Å². The Morgan fingerprint density at radius 3 is 1.94 bits per heavy atom. The van der Waals surface area contributed by atoms with Gasteiger partial charge in [-0.1, -0.05) is 23.7 Å². The summed E-state index contributed by atoms with van der Waals surface area (Å²) in [5.74, 6) is -5.82. The van der Waals surface area contributed by atoms with E-state index in [1.54, 1.807) is 19.1 Å². The quantitative estimate of drug-likeness (QED) is 0.514. The zero-order chi connectivity index (χ0) is 13.4. The second kappa shape index (κ2) is 4.61.